The number of halogens is 1. The van der Waals surface area contributed by atoms with E-state index in [0.29, 0.717) is 0 Å². The molecule has 0 aliphatic rings. The zero-order valence-corrected chi connectivity index (χ0v) is 6.08. The minimum Gasteiger partial charge on any atom is -0.289 e. The second kappa shape index (κ2) is 2.99. The van der Waals surface area contributed by atoms with Crippen molar-refractivity contribution in [2.45, 2.75) is 5.38 Å². The van der Waals surface area contributed by atoms with Gasteiger partial charge in [0.05, 0.1) is 0 Å². The van der Waals surface area contributed by atoms with Crippen molar-refractivity contribution in [3.05, 3.63) is 22.4 Å². The van der Waals surface area contributed by atoms with Crippen LogP contribution in [0.5, 0.6) is 0 Å². The number of rotatable bonds is 2. The summed E-state index contributed by atoms with van der Waals surface area (Å²) in [6.45, 7) is 0. The number of thiophene rings is 1. The molecule has 1 unspecified atom stereocenters. The lowest BCUT2D eigenvalue weighted by molar-refractivity contribution is 0.554. The quantitative estimate of drug-likeness (QED) is 0.605. The Hall–Kier alpha value is -0.340. The molecule has 3 heteroatoms. The van der Waals surface area contributed by atoms with E-state index in [-0.39, 0.29) is 0 Å². The molecule has 1 radical (unpaired) electrons. The summed E-state index contributed by atoms with van der Waals surface area (Å²) >= 11 is 6.98. The Kier molecular flexibility index (Phi) is 2.25. The van der Waals surface area contributed by atoms with Crippen molar-refractivity contribution in [3.8, 4) is 0 Å². The van der Waals surface area contributed by atoms with Gasteiger partial charge in [-0.25, -0.2) is 0 Å². The fraction of sp³-hybridized carbons (Fsp3) is 0.167. The van der Waals surface area contributed by atoms with Gasteiger partial charge in [0.1, 0.15) is 5.38 Å². The molecule has 0 aliphatic heterocycles. The maximum absolute atomic E-state index is 9.95. The topological polar surface area (TPSA) is 17.1 Å². The number of hydrogen-bond donors (Lipinski definition) is 0. The van der Waals surface area contributed by atoms with E-state index in [4.69, 9.17) is 11.6 Å². The molecule has 0 aromatic carbocycles. The molecule has 0 saturated carbocycles. The number of alkyl halides is 1. The smallest absolute Gasteiger partial charge is 0.223 e. The van der Waals surface area contributed by atoms with Crippen LogP contribution in [0.4, 0.5) is 0 Å². The molecule has 1 heterocycles. The largest absolute Gasteiger partial charge is 0.289 e. The molecule has 1 aromatic heterocycles. The summed E-state index contributed by atoms with van der Waals surface area (Å²) in [5, 5.41) is 1.30. The fourth-order valence-corrected chi connectivity index (χ4v) is 1.36. The molecule has 1 atom stereocenters. The summed E-state index contributed by atoms with van der Waals surface area (Å²) in [6, 6.07) is 3.67. The monoisotopic (exact) mass is 159 g/mol. The third-order valence-electron chi connectivity index (χ3n) is 0.896. The van der Waals surface area contributed by atoms with Crippen LogP contribution in [0.25, 0.3) is 0 Å². The Bertz CT molecular complexity index is 183. The standard InChI is InChI=1S/C6H4ClOS/c7-5(4-8)6-2-1-3-9-6/h1-3,5H. The highest BCUT2D eigenvalue weighted by Gasteiger charge is 2.06. The molecule has 0 aliphatic carbocycles. The Morgan fingerprint density at radius 3 is 3.00 bits per heavy atom. The van der Waals surface area contributed by atoms with Crippen molar-refractivity contribution in [1.29, 1.82) is 0 Å². The fourth-order valence-electron chi connectivity index (χ4n) is 0.494. The van der Waals surface area contributed by atoms with Gasteiger partial charge in [-0.2, -0.15) is 0 Å². The molecule has 9 heavy (non-hydrogen) atoms. The lowest BCUT2D eigenvalue weighted by Gasteiger charge is -1.90. The molecular formula is C6H4ClOS. The van der Waals surface area contributed by atoms with Gasteiger partial charge in [0.2, 0.25) is 6.29 Å². The first-order valence-electron chi connectivity index (χ1n) is 2.39. The van der Waals surface area contributed by atoms with Crippen LogP contribution in [0.2, 0.25) is 0 Å². The summed E-state index contributed by atoms with van der Waals surface area (Å²) in [5.74, 6) is 0. The van der Waals surface area contributed by atoms with Crippen LogP contribution in [0.3, 0.4) is 0 Å². The van der Waals surface area contributed by atoms with Crippen LogP contribution < -0.4 is 0 Å². The van der Waals surface area contributed by atoms with Gasteiger partial charge in [-0.1, -0.05) is 6.07 Å². The Labute approximate surface area is 62.3 Å². The first-order chi connectivity index (χ1) is 4.34. The van der Waals surface area contributed by atoms with Gasteiger partial charge in [-0.05, 0) is 11.4 Å². The van der Waals surface area contributed by atoms with Crippen LogP contribution >= 0.6 is 22.9 Å². The summed E-state index contributed by atoms with van der Waals surface area (Å²) in [4.78, 5) is 10.8. The summed E-state index contributed by atoms with van der Waals surface area (Å²) in [5.41, 5.74) is 0. The lowest BCUT2D eigenvalue weighted by atomic mass is 10.4. The number of carbonyl (C=O) groups excluding carboxylic acids is 1. The minimum absolute atomic E-state index is 0.579. The van der Waals surface area contributed by atoms with Crippen molar-refractivity contribution in [3.63, 3.8) is 0 Å². The van der Waals surface area contributed by atoms with Gasteiger partial charge in [0.25, 0.3) is 0 Å². The van der Waals surface area contributed by atoms with Crippen LogP contribution in [0.15, 0.2) is 17.5 Å². The maximum Gasteiger partial charge on any atom is 0.223 e. The van der Waals surface area contributed by atoms with Crippen molar-refractivity contribution < 1.29 is 4.79 Å². The molecule has 1 nitrogen and oxygen atoms in total. The van der Waals surface area contributed by atoms with E-state index >= 15 is 0 Å². The van der Waals surface area contributed by atoms with E-state index < -0.39 is 5.38 Å². The second-order valence-corrected chi connectivity index (χ2v) is 2.91. The maximum atomic E-state index is 9.95. The van der Waals surface area contributed by atoms with Crippen LogP contribution in [0, 0.1) is 0 Å². The normalized spacial score (nSPS) is 13.0. The van der Waals surface area contributed by atoms with Gasteiger partial charge in [0.15, 0.2) is 0 Å². The third kappa shape index (κ3) is 1.53. The first-order valence-corrected chi connectivity index (χ1v) is 3.71. The Balaban J connectivity index is 2.76. The average molecular weight is 160 g/mol. The third-order valence-corrected chi connectivity index (χ3v) is 2.29. The zero-order chi connectivity index (χ0) is 6.69. The first kappa shape index (κ1) is 6.78. The molecule has 0 amide bonds. The SMILES string of the molecule is O=[C]C(Cl)c1cccs1. The van der Waals surface area contributed by atoms with Crippen molar-refractivity contribution in [1.82, 2.24) is 0 Å². The van der Waals surface area contributed by atoms with E-state index in [9.17, 15) is 4.79 Å². The van der Waals surface area contributed by atoms with E-state index in [1.807, 2.05) is 17.5 Å². The van der Waals surface area contributed by atoms with Crippen molar-refractivity contribution >= 4 is 29.2 Å². The molecule has 0 N–H and O–H groups in total. The van der Waals surface area contributed by atoms with Gasteiger partial charge in [-0.3, -0.25) is 4.79 Å². The molecule has 1 rings (SSSR count). The van der Waals surface area contributed by atoms with Crippen LogP contribution in [-0.2, 0) is 4.79 Å². The molecule has 0 fully saturated rings. The van der Waals surface area contributed by atoms with Crippen molar-refractivity contribution in [2.75, 3.05) is 0 Å². The second-order valence-electron chi connectivity index (χ2n) is 1.50. The zero-order valence-electron chi connectivity index (χ0n) is 4.50. The molecule has 1 aromatic rings. The summed E-state index contributed by atoms with van der Waals surface area (Å²) < 4.78 is 0. The van der Waals surface area contributed by atoms with E-state index in [0.717, 1.165) is 4.88 Å². The minimum atomic E-state index is -0.579. The van der Waals surface area contributed by atoms with E-state index in [2.05, 4.69) is 0 Å². The Morgan fingerprint density at radius 2 is 2.56 bits per heavy atom. The van der Waals surface area contributed by atoms with Gasteiger partial charge in [-0.15, -0.1) is 22.9 Å². The van der Waals surface area contributed by atoms with Crippen LogP contribution in [0.1, 0.15) is 10.3 Å². The van der Waals surface area contributed by atoms with Gasteiger partial charge in [0, 0.05) is 4.88 Å². The average Bonchev–Trinajstić information content (AvgIpc) is 2.37. The molecule has 0 saturated heterocycles. The van der Waals surface area contributed by atoms with E-state index in [1.54, 1.807) is 6.29 Å². The highest BCUT2D eigenvalue weighted by atomic mass is 35.5. The lowest BCUT2D eigenvalue weighted by Crippen LogP contribution is -1.84. The highest BCUT2D eigenvalue weighted by molar-refractivity contribution is 7.10. The molecule has 47 valence electrons. The van der Waals surface area contributed by atoms with Crippen LogP contribution in [-0.4, -0.2) is 6.29 Å². The van der Waals surface area contributed by atoms with Gasteiger partial charge >= 0.3 is 0 Å². The molecule has 0 spiro atoms. The van der Waals surface area contributed by atoms with Gasteiger partial charge < -0.3 is 0 Å². The predicted octanol–water partition coefficient (Wildman–Crippen LogP) is 2.14. The predicted molar refractivity (Wildman–Crippen MR) is 38.6 cm³/mol. The summed E-state index contributed by atoms with van der Waals surface area (Å²) in [7, 11) is 0. The highest BCUT2D eigenvalue weighted by Crippen LogP contribution is 2.22. The van der Waals surface area contributed by atoms with Crippen molar-refractivity contribution in [2.24, 2.45) is 0 Å². The summed E-state index contributed by atoms with van der Waals surface area (Å²) in [6.07, 6.45) is 1.69. The number of hydrogen-bond acceptors (Lipinski definition) is 2. The molecule has 0 bridgehead atoms. The Morgan fingerprint density at radius 1 is 1.78 bits per heavy atom. The van der Waals surface area contributed by atoms with E-state index in [1.165, 1.54) is 11.3 Å². The molecular weight excluding hydrogens is 156 g/mol.